The second-order valence-electron chi connectivity index (χ2n) is 18.7. The van der Waals surface area contributed by atoms with E-state index in [0.717, 1.165) is 22.3 Å². The monoisotopic (exact) mass is 1030 g/mol. The quantitative estimate of drug-likeness (QED) is 0.0574. The van der Waals surface area contributed by atoms with Crippen LogP contribution in [0.2, 0.25) is 0 Å². The topological polar surface area (TPSA) is 237 Å². The Morgan fingerprint density at radius 3 is 0.787 bits per heavy atom. The molecule has 404 valence electrons. The van der Waals surface area contributed by atoms with Crippen LogP contribution in [-0.4, -0.2) is 167 Å². The fraction of sp³-hybridized carbons (Fsp3) is 0.439. The van der Waals surface area contributed by atoms with Gasteiger partial charge in [-0.3, -0.25) is 38.4 Å². The standard InChI is InChI=1S/C57H78N10O8/c1-46(68)35-61(32-18-15-29-58)53(71)43-66(38-50-25-11-5-12-26-50)57(75)45-67(39-51-27-13-6-14-28-51)56(74)41-63(34-20-17-31-60)54(72)44-65(37-49-23-9-4-10-24-49)55(73)40-62(33-19-16-30-59)52(70)42-64(47(2)69)36-48-21-7-3-8-22-48/h3-14,21-28H,15-20,29-45,58-60H2,1-2H3. The molecule has 0 aliphatic heterocycles. The van der Waals surface area contributed by atoms with Gasteiger partial charge in [-0.05, 0) is 87.3 Å². The van der Waals surface area contributed by atoms with Crippen molar-refractivity contribution < 1.29 is 38.4 Å². The molecule has 4 aromatic rings. The van der Waals surface area contributed by atoms with Crippen LogP contribution in [-0.2, 0) is 64.5 Å². The molecule has 4 rings (SSSR count). The second-order valence-corrected chi connectivity index (χ2v) is 18.7. The third kappa shape index (κ3) is 22.4. The number of carbonyl (C=O) groups is 8. The Kier molecular flexibility index (Phi) is 26.9. The number of benzene rings is 4. The van der Waals surface area contributed by atoms with Gasteiger partial charge in [0.15, 0.2) is 0 Å². The molecule has 0 heterocycles. The maximum Gasteiger partial charge on any atom is 0.242 e. The molecule has 4 aromatic carbocycles. The fourth-order valence-electron chi connectivity index (χ4n) is 8.26. The molecule has 0 bridgehead atoms. The molecule has 18 nitrogen and oxygen atoms in total. The molecule has 0 saturated carbocycles. The number of amides is 7. The van der Waals surface area contributed by atoms with E-state index >= 15 is 0 Å². The molecule has 6 N–H and O–H groups in total. The Labute approximate surface area is 442 Å². The van der Waals surface area contributed by atoms with Crippen molar-refractivity contribution in [1.29, 1.82) is 0 Å². The van der Waals surface area contributed by atoms with E-state index in [-0.39, 0.29) is 83.7 Å². The van der Waals surface area contributed by atoms with Gasteiger partial charge in [-0.2, -0.15) is 0 Å². The highest BCUT2D eigenvalue weighted by Crippen LogP contribution is 2.14. The molecular weight excluding hydrogens is 953 g/mol. The summed E-state index contributed by atoms with van der Waals surface area (Å²) in [5.41, 5.74) is 20.5. The Bertz CT molecular complexity index is 2400. The van der Waals surface area contributed by atoms with Gasteiger partial charge in [0.05, 0.1) is 19.6 Å². The van der Waals surface area contributed by atoms with Gasteiger partial charge in [-0.25, -0.2) is 0 Å². The fourth-order valence-corrected chi connectivity index (χ4v) is 8.26. The maximum absolute atomic E-state index is 14.8. The SMILES string of the molecule is CC(=O)CN(CCCCN)C(=O)CN(Cc1ccccc1)C(=O)CN(Cc1ccccc1)C(=O)CN(CCCCN)C(=O)CN(Cc1ccccc1)C(=O)CN(CCCCN)C(=O)CN(Cc1ccccc1)C(C)=O. The van der Waals surface area contributed by atoms with Crippen LogP contribution < -0.4 is 17.2 Å². The van der Waals surface area contributed by atoms with Crippen LogP contribution in [0.1, 0.15) is 74.6 Å². The van der Waals surface area contributed by atoms with Gasteiger partial charge in [0.1, 0.15) is 32.0 Å². The number of ketones is 1. The third-order valence-corrected chi connectivity index (χ3v) is 12.4. The van der Waals surface area contributed by atoms with Crippen LogP contribution in [0.15, 0.2) is 121 Å². The number of hydrogen-bond acceptors (Lipinski definition) is 11. The first-order chi connectivity index (χ1) is 36.2. The number of nitrogens with zero attached hydrogens (tertiary/aromatic N) is 7. The van der Waals surface area contributed by atoms with E-state index in [4.69, 9.17) is 17.2 Å². The number of nitrogens with two attached hydrogens (primary N) is 3. The van der Waals surface area contributed by atoms with Gasteiger partial charge in [0.2, 0.25) is 41.4 Å². The van der Waals surface area contributed by atoms with Gasteiger partial charge < -0.3 is 51.5 Å². The van der Waals surface area contributed by atoms with Gasteiger partial charge in [-0.15, -0.1) is 0 Å². The Balaban J connectivity index is 1.64. The lowest BCUT2D eigenvalue weighted by atomic mass is 10.2. The molecule has 0 aliphatic rings. The lowest BCUT2D eigenvalue weighted by Gasteiger charge is -2.32. The summed E-state index contributed by atoms with van der Waals surface area (Å²) in [6.45, 7) is 2.24. The van der Waals surface area contributed by atoms with Gasteiger partial charge in [-0.1, -0.05) is 121 Å². The summed E-state index contributed by atoms with van der Waals surface area (Å²) < 4.78 is 0. The van der Waals surface area contributed by atoms with Crippen LogP contribution in [0, 0.1) is 0 Å². The van der Waals surface area contributed by atoms with Crippen molar-refractivity contribution in [2.45, 2.75) is 78.6 Å². The molecular formula is C57H78N10O8. The van der Waals surface area contributed by atoms with Gasteiger partial charge in [0, 0.05) is 52.7 Å². The van der Waals surface area contributed by atoms with E-state index in [1.165, 1.54) is 48.1 Å². The van der Waals surface area contributed by atoms with Crippen LogP contribution in [0.25, 0.3) is 0 Å². The Morgan fingerprint density at radius 2 is 0.533 bits per heavy atom. The zero-order valence-corrected chi connectivity index (χ0v) is 43.9. The molecule has 0 saturated heterocycles. The highest BCUT2D eigenvalue weighted by Gasteiger charge is 2.30. The van der Waals surface area contributed by atoms with Crippen LogP contribution >= 0.6 is 0 Å². The van der Waals surface area contributed by atoms with E-state index in [2.05, 4.69) is 0 Å². The van der Waals surface area contributed by atoms with E-state index in [1.807, 2.05) is 121 Å². The van der Waals surface area contributed by atoms with Crippen molar-refractivity contribution >= 4 is 47.1 Å². The number of Topliss-reactive ketones (excluding diaryl/α,β-unsaturated/α-hetero) is 1. The second kappa shape index (κ2) is 33.5. The first kappa shape index (κ1) is 60.3. The number of rotatable bonds is 34. The van der Waals surface area contributed by atoms with E-state index in [0.29, 0.717) is 58.2 Å². The Morgan fingerprint density at radius 1 is 0.307 bits per heavy atom. The zero-order valence-electron chi connectivity index (χ0n) is 43.9. The van der Waals surface area contributed by atoms with Crippen molar-refractivity contribution in [2.75, 3.05) is 85.1 Å². The molecule has 0 atom stereocenters. The predicted octanol–water partition coefficient (Wildman–Crippen LogP) is 3.41. The highest BCUT2D eigenvalue weighted by molar-refractivity contribution is 5.93. The summed E-state index contributed by atoms with van der Waals surface area (Å²) in [5, 5.41) is 0. The minimum Gasteiger partial charge on any atom is -0.334 e. The van der Waals surface area contributed by atoms with E-state index in [9.17, 15) is 38.4 Å². The molecule has 18 heteroatoms. The zero-order chi connectivity index (χ0) is 54.4. The summed E-state index contributed by atoms with van der Waals surface area (Å²) in [5.74, 6) is -3.54. The molecule has 0 spiro atoms. The largest absolute Gasteiger partial charge is 0.334 e. The summed E-state index contributed by atoms with van der Waals surface area (Å²) in [6.07, 6.45) is 3.28. The minimum absolute atomic E-state index is 0.00202. The van der Waals surface area contributed by atoms with Crippen LogP contribution in [0.4, 0.5) is 0 Å². The average Bonchev–Trinajstić information content (AvgIpc) is 3.40. The molecule has 0 aromatic heterocycles. The summed E-state index contributed by atoms with van der Waals surface area (Å²) in [4.78, 5) is 121. The van der Waals surface area contributed by atoms with Crippen LogP contribution in [0.3, 0.4) is 0 Å². The first-order valence-electron chi connectivity index (χ1n) is 25.9. The molecule has 0 aliphatic carbocycles. The number of carbonyl (C=O) groups excluding carboxylic acids is 8. The average molecular weight is 1030 g/mol. The van der Waals surface area contributed by atoms with E-state index < -0.39 is 55.1 Å². The van der Waals surface area contributed by atoms with Crippen molar-refractivity contribution in [2.24, 2.45) is 17.2 Å². The van der Waals surface area contributed by atoms with Crippen molar-refractivity contribution in [3.63, 3.8) is 0 Å². The van der Waals surface area contributed by atoms with Crippen molar-refractivity contribution in [3.05, 3.63) is 144 Å². The summed E-state index contributed by atoms with van der Waals surface area (Å²) >= 11 is 0. The van der Waals surface area contributed by atoms with Crippen molar-refractivity contribution in [3.8, 4) is 0 Å². The van der Waals surface area contributed by atoms with Crippen LogP contribution in [0.5, 0.6) is 0 Å². The smallest absolute Gasteiger partial charge is 0.242 e. The predicted molar refractivity (Wildman–Crippen MR) is 288 cm³/mol. The molecule has 0 fully saturated rings. The molecule has 0 radical (unpaired) electrons. The summed E-state index contributed by atoms with van der Waals surface area (Å²) in [6, 6.07) is 36.6. The van der Waals surface area contributed by atoms with Gasteiger partial charge >= 0.3 is 0 Å². The third-order valence-electron chi connectivity index (χ3n) is 12.4. The molecule has 75 heavy (non-hydrogen) atoms. The highest BCUT2D eigenvalue weighted by atomic mass is 16.2. The Hall–Kier alpha value is -7.28. The van der Waals surface area contributed by atoms with E-state index in [1.54, 1.807) is 0 Å². The summed E-state index contributed by atoms with van der Waals surface area (Å²) in [7, 11) is 0. The first-order valence-corrected chi connectivity index (χ1v) is 25.9. The van der Waals surface area contributed by atoms with Gasteiger partial charge in [0.25, 0.3) is 0 Å². The maximum atomic E-state index is 14.8. The normalized spacial score (nSPS) is 10.8. The molecule has 7 amide bonds. The lowest BCUT2D eigenvalue weighted by Crippen LogP contribution is -2.52. The number of hydrogen-bond donors (Lipinski definition) is 3. The van der Waals surface area contributed by atoms with Crippen molar-refractivity contribution in [1.82, 2.24) is 34.3 Å². The minimum atomic E-state index is -0.553. The lowest BCUT2D eigenvalue weighted by molar-refractivity contribution is -0.149. The number of unbranched alkanes of at least 4 members (excludes halogenated alkanes) is 3. The molecule has 0 unspecified atom stereocenters.